The molecule has 11 nitrogen and oxygen atoms in total. The number of nitrogens with one attached hydrogen (secondary N) is 1. The third-order valence-corrected chi connectivity index (χ3v) is 5.86. The summed E-state index contributed by atoms with van der Waals surface area (Å²) in [4.78, 5) is 45.4. The van der Waals surface area contributed by atoms with Crippen LogP contribution in [-0.2, 0) is 11.4 Å². The number of anilines is 2. The van der Waals surface area contributed by atoms with Crippen LogP contribution >= 0.6 is 11.8 Å². The summed E-state index contributed by atoms with van der Waals surface area (Å²) < 4.78 is 11.1. The molecule has 0 radical (unpaired) electrons. The Morgan fingerprint density at radius 3 is 2.61 bits per heavy atom. The van der Waals surface area contributed by atoms with E-state index in [2.05, 4.69) is 35.1 Å². The zero-order valence-corrected chi connectivity index (χ0v) is 18.2. The van der Waals surface area contributed by atoms with Gasteiger partial charge in [-0.1, -0.05) is 0 Å². The Balaban J connectivity index is 1.37. The minimum Gasteiger partial charge on any atom is -0.469 e. The maximum absolute atomic E-state index is 12.0. The van der Waals surface area contributed by atoms with Crippen LogP contribution in [-0.4, -0.2) is 57.3 Å². The molecule has 12 heteroatoms. The van der Waals surface area contributed by atoms with Crippen molar-refractivity contribution < 1.29 is 18.7 Å². The Kier molecular flexibility index (Phi) is 5.89. The van der Waals surface area contributed by atoms with E-state index in [4.69, 9.17) is 9.15 Å². The van der Waals surface area contributed by atoms with Crippen LogP contribution in [0.2, 0.25) is 0 Å². The quantitative estimate of drug-likeness (QED) is 0.538. The summed E-state index contributed by atoms with van der Waals surface area (Å²) in [5.74, 6) is 1.04. The van der Waals surface area contributed by atoms with E-state index in [9.17, 15) is 9.59 Å². The molecule has 2 fully saturated rings. The number of imide groups is 1. The summed E-state index contributed by atoms with van der Waals surface area (Å²) in [5.41, 5.74) is 1.44. The van der Waals surface area contributed by atoms with Gasteiger partial charge in [0.2, 0.25) is 11.8 Å². The molecule has 168 valence electrons. The van der Waals surface area contributed by atoms with Crippen molar-refractivity contribution in [3.63, 3.8) is 0 Å². The zero-order chi connectivity index (χ0) is 22.6. The molecule has 0 bridgehead atoms. The van der Waals surface area contributed by atoms with Crippen molar-refractivity contribution in [3.05, 3.63) is 59.5 Å². The monoisotopic (exact) mass is 465 g/mol. The van der Waals surface area contributed by atoms with Gasteiger partial charge in [0.15, 0.2) is 0 Å². The highest BCUT2D eigenvalue weighted by Gasteiger charge is 2.26. The molecule has 1 N–H and O–H groups in total. The van der Waals surface area contributed by atoms with Gasteiger partial charge in [0.25, 0.3) is 11.1 Å². The molecule has 0 aromatic carbocycles. The lowest BCUT2D eigenvalue weighted by atomic mass is 10.3. The van der Waals surface area contributed by atoms with E-state index < -0.39 is 11.1 Å². The molecule has 3 aromatic heterocycles. The van der Waals surface area contributed by atoms with E-state index in [1.165, 1.54) is 6.33 Å². The van der Waals surface area contributed by atoms with Crippen LogP contribution in [0.25, 0.3) is 6.08 Å². The van der Waals surface area contributed by atoms with Gasteiger partial charge in [-0.2, -0.15) is 4.98 Å². The standard InChI is InChI=1S/C21H19N7O4S/c29-19-17(33-21(30)26-19)8-14-9-18(32-12-16-2-1-7-31-16)25-20(24-14)28-5-3-27(4-6-28)15-10-22-13-23-11-15/h1-2,7-11,13H,3-6,12H2,(H,26,29,30)/b17-8-. The number of ether oxygens (including phenoxy) is 1. The molecule has 0 spiro atoms. The van der Waals surface area contributed by atoms with Gasteiger partial charge in [0.05, 0.1) is 34.9 Å². The molecule has 33 heavy (non-hydrogen) atoms. The van der Waals surface area contributed by atoms with E-state index in [1.807, 2.05) is 6.07 Å². The van der Waals surface area contributed by atoms with Gasteiger partial charge in [-0.05, 0) is 30.0 Å². The molecule has 0 atom stereocenters. The largest absolute Gasteiger partial charge is 0.469 e. The predicted molar refractivity (Wildman–Crippen MR) is 121 cm³/mol. The summed E-state index contributed by atoms with van der Waals surface area (Å²) in [6.07, 6.45) is 8.22. The first-order chi connectivity index (χ1) is 16.1. The zero-order valence-electron chi connectivity index (χ0n) is 17.4. The lowest BCUT2D eigenvalue weighted by Gasteiger charge is -2.35. The Morgan fingerprint density at radius 1 is 1.12 bits per heavy atom. The Hall–Kier alpha value is -3.93. The average molecular weight is 465 g/mol. The Morgan fingerprint density at radius 2 is 1.91 bits per heavy atom. The molecule has 2 saturated heterocycles. The number of thioether (sulfide) groups is 1. The van der Waals surface area contributed by atoms with Gasteiger partial charge < -0.3 is 19.0 Å². The molecule has 5 heterocycles. The number of carbonyl (C=O) groups excluding carboxylic acids is 2. The van der Waals surface area contributed by atoms with Crippen molar-refractivity contribution in [1.82, 2.24) is 25.3 Å². The Bertz CT molecular complexity index is 1180. The number of amides is 2. The molecule has 2 aliphatic rings. The molecule has 2 amide bonds. The van der Waals surface area contributed by atoms with Crippen molar-refractivity contribution in [2.24, 2.45) is 0 Å². The summed E-state index contributed by atoms with van der Waals surface area (Å²) in [6.45, 7) is 3.06. The molecule has 2 aliphatic heterocycles. The molecule has 0 aliphatic carbocycles. The van der Waals surface area contributed by atoms with E-state index >= 15 is 0 Å². The normalized spacial score (nSPS) is 17.5. The highest BCUT2D eigenvalue weighted by molar-refractivity contribution is 8.18. The van der Waals surface area contributed by atoms with Gasteiger partial charge in [0.1, 0.15) is 18.7 Å². The fourth-order valence-electron chi connectivity index (χ4n) is 3.43. The van der Waals surface area contributed by atoms with E-state index in [0.29, 0.717) is 36.4 Å². The number of carbonyl (C=O) groups is 2. The lowest BCUT2D eigenvalue weighted by Crippen LogP contribution is -2.47. The lowest BCUT2D eigenvalue weighted by molar-refractivity contribution is -0.115. The third kappa shape index (κ3) is 4.95. The number of hydrogen-bond acceptors (Lipinski definition) is 11. The van der Waals surface area contributed by atoms with Gasteiger partial charge in [-0.25, -0.2) is 15.0 Å². The van der Waals surface area contributed by atoms with Crippen molar-refractivity contribution in [3.8, 4) is 5.88 Å². The van der Waals surface area contributed by atoms with Crippen LogP contribution in [0.3, 0.4) is 0 Å². The smallest absolute Gasteiger partial charge is 0.290 e. The molecule has 0 saturated carbocycles. The molecule has 3 aromatic rings. The van der Waals surface area contributed by atoms with Crippen LogP contribution in [0, 0.1) is 0 Å². The predicted octanol–water partition coefficient (Wildman–Crippen LogP) is 2.09. The summed E-state index contributed by atoms with van der Waals surface area (Å²) >= 11 is 0.838. The van der Waals surface area contributed by atoms with E-state index in [0.717, 1.165) is 30.5 Å². The summed E-state index contributed by atoms with van der Waals surface area (Å²) in [6, 6.07) is 5.22. The van der Waals surface area contributed by atoms with Crippen molar-refractivity contribution in [2.45, 2.75) is 6.61 Å². The fraction of sp³-hybridized carbons (Fsp3) is 0.238. The van der Waals surface area contributed by atoms with Crippen LogP contribution in [0.4, 0.5) is 16.4 Å². The maximum atomic E-state index is 12.0. The van der Waals surface area contributed by atoms with E-state index in [-0.39, 0.29) is 11.5 Å². The first-order valence-electron chi connectivity index (χ1n) is 10.2. The van der Waals surface area contributed by atoms with Gasteiger partial charge in [0, 0.05) is 32.2 Å². The van der Waals surface area contributed by atoms with Crippen molar-refractivity contribution in [1.29, 1.82) is 0 Å². The number of furan rings is 1. The van der Waals surface area contributed by atoms with Crippen LogP contribution in [0.15, 0.2) is 52.5 Å². The highest BCUT2D eigenvalue weighted by atomic mass is 32.2. The fourth-order valence-corrected chi connectivity index (χ4v) is 4.10. The van der Waals surface area contributed by atoms with Crippen LogP contribution in [0.1, 0.15) is 11.5 Å². The van der Waals surface area contributed by atoms with Crippen molar-refractivity contribution >= 4 is 40.6 Å². The van der Waals surface area contributed by atoms with E-state index in [1.54, 1.807) is 36.9 Å². The maximum Gasteiger partial charge on any atom is 0.290 e. The second-order valence-corrected chi connectivity index (χ2v) is 8.24. The van der Waals surface area contributed by atoms with Crippen LogP contribution in [0.5, 0.6) is 5.88 Å². The SMILES string of the molecule is O=C1NC(=O)/C(=C/c2cc(OCc3ccco3)nc(N3CCN(c4cncnc4)CC3)n2)S1. The minimum absolute atomic E-state index is 0.203. The molecular weight excluding hydrogens is 446 g/mol. The highest BCUT2D eigenvalue weighted by Crippen LogP contribution is 2.27. The van der Waals surface area contributed by atoms with Gasteiger partial charge in [-0.3, -0.25) is 14.9 Å². The third-order valence-electron chi connectivity index (χ3n) is 5.05. The number of hydrogen-bond donors (Lipinski definition) is 1. The molecule has 5 rings (SSSR count). The first kappa shape index (κ1) is 20.9. The minimum atomic E-state index is -0.443. The van der Waals surface area contributed by atoms with Crippen molar-refractivity contribution in [2.75, 3.05) is 36.0 Å². The second-order valence-electron chi connectivity index (χ2n) is 7.22. The summed E-state index contributed by atoms with van der Waals surface area (Å²) in [7, 11) is 0. The number of aromatic nitrogens is 4. The van der Waals surface area contributed by atoms with Gasteiger partial charge in [-0.15, -0.1) is 0 Å². The van der Waals surface area contributed by atoms with Gasteiger partial charge >= 0.3 is 0 Å². The topological polar surface area (TPSA) is 127 Å². The molecular formula is C21H19N7O4S. The number of piperazine rings is 1. The second kappa shape index (κ2) is 9.28. The molecule has 0 unspecified atom stereocenters. The van der Waals surface area contributed by atoms with Crippen LogP contribution < -0.4 is 19.9 Å². The summed E-state index contributed by atoms with van der Waals surface area (Å²) in [5, 5.41) is 1.84. The number of nitrogens with zero attached hydrogens (tertiary/aromatic N) is 6. The first-order valence-corrected chi connectivity index (χ1v) is 11.0. The number of rotatable bonds is 6. The average Bonchev–Trinajstić information content (AvgIpc) is 3.47. The Labute approximate surface area is 192 Å².